The van der Waals surface area contributed by atoms with Crippen molar-refractivity contribution in [3.63, 3.8) is 0 Å². The molecule has 2 N–H and O–H groups in total. The van der Waals surface area contributed by atoms with E-state index in [1.165, 1.54) is 5.56 Å². The van der Waals surface area contributed by atoms with E-state index in [-0.39, 0.29) is 5.91 Å². The van der Waals surface area contributed by atoms with Crippen LogP contribution in [0.4, 0.5) is 0 Å². The fourth-order valence-electron chi connectivity index (χ4n) is 4.78. The molecule has 2 aliphatic heterocycles. The second-order valence-electron chi connectivity index (χ2n) is 8.76. The maximum atomic E-state index is 12.4. The van der Waals surface area contributed by atoms with Gasteiger partial charge >= 0.3 is 0 Å². The number of nitrogens with one attached hydrogen (secondary N) is 2. The Morgan fingerprint density at radius 1 is 1.03 bits per heavy atom. The number of pyridine rings is 1. The number of aromatic nitrogens is 2. The molecule has 0 bridgehead atoms. The number of nitrogens with zero attached hydrogens (tertiary/aromatic N) is 2. The zero-order chi connectivity index (χ0) is 22.2. The topological polar surface area (TPSA) is 70.2 Å². The third-order valence-corrected chi connectivity index (χ3v) is 6.57. The summed E-state index contributed by atoms with van der Waals surface area (Å²) in [7, 11) is 0. The second kappa shape index (κ2) is 8.46. The van der Waals surface area contributed by atoms with Gasteiger partial charge in [-0.05, 0) is 28.7 Å². The van der Waals surface area contributed by atoms with Gasteiger partial charge < -0.3 is 15.0 Å². The zero-order valence-electron chi connectivity index (χ0n) is 18.4. The van der Waals surface area contributed by atoms with Gasteiger partial charge in [0, 0.05) is 55.3 Å². The lowest BCUT2D eigenvalue weighted by molar-refractivity contribution is 0.0342. The third kappa shape index (κ3) is 3.92. The van der Waals surface area contributed by atoms with Crippen molar-refractivity contribution in [1.29, 1.82) is 0 Å². The molecule has 6 nitrogen and oxygen atoms in total. The molecule has 1 saturated heterocycles. The first-order valence-corrected chi connectivity index (χ1v) is 11.5. The van der Waals surface area contributed by atoms with Gasteiger partial charge in [-0.1, -0.05) is 42.5 Å². The Morgan fingerprint density at radius 3 is 2.73 bits per heavy atom. The lowest BCUT2D eigenvalue weighted by Gasteiger charge is -2.26. The molecule has 0 spiro atoms. The summed E-state index contributed by atoms with van der Waals surface area (Å²) in [4.78, 5) is 23.0. The van der Waals surface area contributed by atoms with Gasteiger partial charge in [-0.3, -0.25) is 14.7 Å². The molecule has 33 heavy (non-hydrogen) atoms. The molecule has 6 heteroatoms. The van der Waals surface area contributed by atoms with Gasteiger partial charge in [-0.25, -0.2) is 0 Å². The van der Waals surface area contributed by atoms with Crippen LogP contribution in [0.5, 0.6) is 0 Å². The Hall–Kier alpha value is -3.48. The van der Waals surface area contributed by atoms with E-state index in [1.54, 1.807) is 0 Å². The van der Waals surface area contributed by atoms with Crippen LogP contribution in [-0.2, 0) is 17.7 Å². The molecule has 0 saturated carbocycles. The van der Waals surface area contributed by atoms with E-state index in [0.717, 1.165) is 83.5 Å². The van der Waals surface area contributed by atoms with E-state index in [0.29, 0.717) is 6.54 Å². The summed E-state index contributed by atoms with van der Waals surface area (Å²) in [6.45, 7) is 5.27. The first kappa shape index (κ1) is 20.1. The van der Waals surface area contributed by atoms with Crippen LogP contribution in [0.15, 0.2) is 48.7 Å². The molecular formula is C27H26N4O2. The lowest BCUT2D eigenvalue weighted by atomic mass is 10.0. The van der Waals surface area contributed by atoms with Crippen LogP contribution in [0.3, 0.4) is 0 Å². The number of fused-ring (bicyclic) bond motifs is 5. The van der Waals surface area contributed by atoms with Crippen LogP contribution in [-0.4, -0.2) is 53.6 Å². The minimum Gasteiger partial charge on any atom is -0.379 e. The predicted octanol–water partition coefficient (Wildman–Crippen LogP) is 4.00. The molecule has 2 aromatic carbocycles. The van der Waals surface area contributed by atoms with Gasteiger partial charge in [-0.15, -0.1) is 0 Å². The van der Waals surface area contributed by atoms with Crippen LogP contribution >= 0.6 is 0 Å². The third-order valence-electron chi connectivity index (χ3n) is 6.57. The van der Waals surface area contributed by atoms with Crippen molar-refractivity contribution in [2.24, 2.45) is 0 Å². The first-order chi connectivity index (χ1) is 16.2. The molecule has 166 valence electrons. The number of benzene rings is 2. The maximum absolute atomic E-state index is 12.4. The number of rotatable bonds is 4. The number of aromatic amines is 1. The largest absolute Gasteiger partial charge is 0.379 e. The smallest absolute Gasteiger partial charge is 0.253 e. The minimum absolute atomic E-state index is 0.0159. The average molecular weight is 439 g/mol. The zero-order valence-corrected chi connectivity index (χ0v) is 18.4. The van der Waals surface area contributed by atoms with Crippen molar-refractivity contribution in [3.8, 4) is 0 Å². The molecule has 1 amide bonds. The van der Waals surface area contributed by atoms with Crippen LogP contribution in [0.2, 0.25) is 0 Å². The van der Waals surface area contributed by atoms with Crippen molar-refractivity contribution in [2.75, 3.05) is 32.8 Å². The standard InChI is InChI=1S/C27H26N4O2/c32-27-25-22-8-6-20-16-29-21(15-23(20)26(22)30-24(25)9-10-28-27)7-5-18-1-3-19(4-2-18)17-31-11-13-33-14-12-31/h1-8,15-16,29H,9-14,17H2,(H,28,32). The molecule has 6 rings (SSSR count). The van der Waals surface area contributed by atoms with Crippen molar-refractivity contribution in [1.82, 2.24) is 20.2 Å². The van der Waals surface area contributed by atoms with Crippen molar-refractivity contribution >= 4 is 39.7 Å². The number of hydrogen-bond donors (Lipinski definition) is 2. The molecule has 2 aliphatic rings. The molecule has 4 heterocycles. The Kier molecular flexibility index (Phi) is 5.17. The number of H-pyrrole nitrogens is 1. The van der Waals surface area contributed by atoms with E-state index >= 15 is 0 Å². The molecule has 1 fully saturated rings. The van der Waals surface area contributed by atoms with Crippen molar-refractivity contribution in [2.45, 2.75) is 13.0 Å². The van der Waals surface area contributed by atoms with Gasteiger partial charge in [0.05, 0.1) is 30.0 Å². The van der Waals surface area contributed by atoms with Gasteiger partial charge in [-0.2, -0.15) is 0 Å². The van der Waals surface area contributed by atoms with Crippen molar-refractivity contribution < 1.29 is 9.53 Å². The number of amides is 1. The number of carbonyl (C=O) groups excluding carboxylic acids is 1. The van der Waals surface area contributed by atoms with E-state index in [1.807, 2.05) is 12.3 Å². The first-order valence-electron chi connectivity index (χ1n) is 11.5. The van der Waals surface area contributed by atoms with Crippen LogP contribution in [0, 0.1) is 0 Å². The van der Waals surface area contributed by atoms with Crippen molar-refractivity contribution in [3.05, 3.63) is 76.7 Å². The molecule has 0 unspecified atom stereocenters. The number of carbonyl (C=O) groups is 1. The SMILES string of the molecule is O=C1NCCc2nc3c(ccc4c[nH]c(C=Cc5ccc(CN6CCOCC6)cc5)cc43)c21. The fourth-order valence-corrected chi connectivity index (χ4v) is 4.78. The summed E-state index contributed by atoms with van der Waals surface area (Å²) in [5.41, 5.74) is 6.03. The highest BCUT2D eigenvalue weighted by molar-refractivity contribution is 6.15. The highest BCUT2D eigenvalue weighted by Gasteiger charge is 2.23. The summed E-state index contributed by atoms with van der Waals surface area (Å²) < 4.78 is 5.43. The van der Waals surface area contributed by atoms with E-state index < -0.39 is 0 Å². The fraction of sp³-hybridized carbons (Fsp3) is 0.259. The summed E-state index contributed by atoms with van der Waals surface area (Å²) in [6.07, 6.45) is 7.00. The minimum atomic E-state index is -0.0159. The highest BCUT2D eigenvalue weighted by Crippen LogP contribution is 2.31. The van der Waals surface area contributed by atoms with Crippen LogP contribution < -0.4 is 5.32 Å². The van der Waals surface area contributed by atoms with Gasteiger partial charge in [0.15, 0.2) is 0 Å². The molecule has 2 aromatic heterocycles. The summed E-state index contributed by atoms with van der Waals surface area (Å²) in [5, 5.41) is 6.02. The van der Waals surface area contributed by atoms with Gasteiger partial charge in [0.25, 0.3) is 5.91 Å². The van der Waals surface area contributed by atoms with E-state index in [9.17, 15) is 4.79 Å². The molecular weight excluding hydrogens is 412 g/mol. The predicted molar refractivity (Wildman–Crippen MR) is 131 cm³/mol. The quantitative estimate of drug-likeness (QED) is 0.505. The van der Waals surface area contributed by atoms with E-state index in [2.05, 4.69) is 63.8 Å². The number of morpholine rings is 1. The lowest BCUT2D eigenvalue weighted by Crippen LogP contribution is -2.35. The highest BCUT2D eigenvalue weighted by atomic mass is 16.5. The van der Waals surface area contributed by atoms with E-state index in [4.69, 9.17) is 9.72 Å². The average Bonchev–Trinajstić information content (AvgIpc) is 3.25. The second-order valence-corrected chi connectivity index (χ2v) is 8.76. The number of hydrogen-bond acceptors (Lipinski definition) is 4. The Balaban J connectivity index is 1.26. The Morgan fingerprint density at radius 2 is 1.88 bits per heavy atom. The van der Waals surface area contributed by atoms with Gasteiger partial charge in [0.2, 0.25) is 0 Å². The van der Waals surface area contributed by atoms with Crippen LogP contribution in [0.1, 0.15) is 32.9 Å². The normalized spacial score (nSPS) is 17.0. The number of ether oxygens (including phenoxy) is 1. The van der Waals surface area contributed by atoms with Crippen LogP contribution in [0.25, 0.3) is 33.8 Å². The summed E-state index contributed by atoms with van der Waals surface area (Å²) in [5.74, 6) is -0.0159. The monoisotopic (exact) mass is 438 g/mol. The Labute approximate surface area is 192 Å². The van der Waals surface area contributed by atoms with Gasteiger partial charge in [0.1, 0.15) is 0 Å². The molecule has 0 radical (unpaired) electrons. The Bertz CT molecular complexity index is 1360. The molecule has 0 aliphatic carbocycles. The molecule has 4 aromatic rings. The summed E-state index contributed by atoms with van der Waals surface area (Å²) >= 11 is 0. The maximum Gasteiger partial charge on any atom is 0.253 e. The summed E-state index contributed by atoms with van der Waals surface area (Å²) in [6, 6.07) is 14.9. The molecule has 0 atom stereocenters.